The van der Waals surface area contributed by atoms with Crippen molar-refractivity contribution in [2.45, 2.75) is 6.42 Å². The summed E-state index contributed by atoms with van der Waals surface area (Å²) in [5.74, 6) is -1.80. The van der Waals surface area contributed by atoms with Crippen molar-refractivity contribution in [3.8, 4) is 0 Å². The Bertz CT molecular complexity index is 468. The van der Waals surface area contributed by atoms with E-state index in [1.165, 1.54) is 4.90 Å². The first-order valence-electron chi connectivity index (χ1n) is 6.19. The van der Waals surface area contributed by atoms with Gasteiger partial charge in [0.15, 0.2) is 5.84 Å². The first-order chi connectivity index (χ1) is 9.36. The smallest absolute Gasteiger partial charge is 0.170 e. The average molecular weight is 286 g/mol. The molecule has 0 amide bonds. The highest BCUT2D eigenvalue weighted by molar-refractivity contribution is 5.97. The summed E-state index contributed by atoms with van der Waals surface area (Å²) in [6, 6.07) is 2.10. The van der Waals surface area contributed by atoms with E-state index in [4.69, 9.17) is 10.9 Å². The molecule has 0 bridgehead atoms. The molecule has 112 valence electrons. The maximum Gasteiger partial charge on any atom is 0.170 e. The Balaban J connectivity index is 2.90. The van der Waals surface area contributed by atoms with Crippen molar-refractivity contribution in [3.05, 3.63) is 29.3 Å². The molecule has 0 atom stereocenters. The highest BCUT2D eigenvalue weighted by Crippen LogP contribution is 2.24. The van der Waals surface area contributed by atoms with Crippen LogP contribution < -0.4 is 10.6 Å². The van der Waals surface area contributed by atoms with Crippen LogP contribution in [0.5, 0.6) is 0 Å². The largest absolute Gasteiger partial charge is 0.409 e. The van der Waals surface area contributed by atoms with Crippen LogP contribution in [0.1, 0.15) is 12.0 Å². The minimum Gasteiger partial charge on any atom is -0.409 e. The fraction of sp³-hybridized carbons (Fsp3) is 0.462. The van der Waals surface area contributed by atoms with Gasteiger partial charge in [0.2, 0.25) is 0 Å². The summed E-state index contributed by atoms with van der Waals surface area (Å²) in [5, 5.41) is 11.2. The molecule has 0 aliphatic carbocycles. The number of amidine groups is 1. The molecular weight excluding hydrogens is 266 g/mol. The molecule has 7 heteroatoms. The first kappa shape index (κ1) is 16.2. The van der Waals surface area contributed by atoms with E-state index in [2.05, 4.69) is 5.16 Å². The van der Waals surface area contributed by atoms with Crippen LogP contribution >= 0.6 is 0 Å². The molecule has 0 aliphatic rings. The Kier molecular flexibility index (Phi) is 5.69. The Labute approximate surface area is 117 Å². The Hall–Kier alpha value is -1.89. The number of rotatable bonds is 6. The van der Waals surface area contributed by atoms with Crippen molar-refractivity contribution < 1.29 is 14.0 Å². The van der Waals surface area contributed by atoms with Gasteiger partial charge in [0.25, 0.3) is 0 Å². The van der Waals surface area contributed by atoms with Gasteiger partial charge in [0.05, 0.1) is 0 Å². The summed E-state index contributed by atoms with van der Waals surface area (Å²) >= 11 is 0. The zero-order valence-corrected chi connectivity index (χ0v) is 11.9. The van der Waals surface area contributed by atoms with Gasteiger partial charge in [-0.05, 0) is 39.2 Å². The molecule has 0 saturated heterocycles. The molecular formula is C13H20F2N4O. The van der Waals surface area contributed by atoms with Crippen LogP contribution in [0.4, 0.5) is 14.5 Å². The van der Waals surface area contributed by atoms with E-state index in [0.717, 1.165) is 25.1 Å². The quantitative estimate of drug-likeness (QED) is 0.359. The Morgan fingerprint density at radius 3 is 2.20 bits per heavy atom. The minimum absolute atomic E-state index is 0.00735. The van der Waals surface area contributed by atoms with Crippen LogP contribution in [0, 0.1) is 11.6 Å². The highest BCUT2D eigenvalue weighted by Gasteiger charge is 2.16. The number of halogens is 2. The Morgan fingerprint density at radius 2 is 1.75 bits per heavy atom. The van der Waals surface area contributed by atoms with Gasteiger partial charge in [0, 0.05) is 19.2 Å². The van der Waals surface area contributed by atoms with Gasteiger partial charge < -0.3 is 20.7 Å². The SMILES string of the molecule is CN(C)CCCN(C)c1c(F)cc(C(N)=NO)cc1F. The van der Waals surface area contributed by atoms with Crippen LogP contribution in [-0.2, 0) is 0 Å². The zero-order chi connectivity index (χ0) is 15.3. The second-order valence-corrected chi connectivity index (χ2v) is 4.85. The molecule has 5 nitrogen and oxygen atoms in total. The molecule has 3 N–H and O–H groups in total. The molecule has 0 saturated carbocycles. The molecule has 0 spiro atoms. The molecule has 0 radical (unpaired) electrons. The molecule has 0 aromatic heterocycles. The lowest BCUT2D eigenvalue weighted by Gasteiger charge is -2.22. The molecule has 20 heavy (non-hydrogen) atoms. The van der Waals surface area contributed by atoms with Gasteiger partial charge in [-0.3, -0.25) is 0 Å². The fourth-order valence-electron chi connectivity index (χ4n) is 1.87. The maximum atomic E-state index is 14.0. The van der Waals surface area contributed by atoms with Crippen molar-refractivity contribution in [2.75, 3.05) is 39.1 Å². The normalized spacial score (nSPS) is 12.0. The van der Waals surface area contributed by atoms with Gasteiger partial charge in [-0.25, -0.2) is 8.78 Å². The second-order valence-electron chi connectivity index (χ2n) is 4.85. The van der Waals surface area contributed by atoms with Crippen LogP contribution in [-0.4, -0.2) is 50.2 Å². The van der Waals surface area contributed by atoms with Crippen molar-refractivity contribution in [3.63, 3.8) is 0 Å². The van der Waals surface area contributed by atoms with E-state index in [-0.39, 0.29) is 17.1 Å². The molecule has 0 heterocycles. The molecule has 1 aromatic rings. The summed E-state index contributed by atoms with van der Waals surface area (Å²) < 4.78 is 27.9. The van der Waals surface area contributed by atoms with Gasteiger partial charge in [-0.2, -0.15) is 0 Å². The van der Waals surface area contributed by atoms with Gasteiger partial charge >= 0.3 is 0 Å². The molecule has 0 unspecified atom stereocenters. The van der Waals surface area contributed by atoms with Crippen molar-refractivity contribution in [2.24, 2.45) is 10.9 Å². The fourth-order valence-corrected chi connectivity index (χ4v) is 1.87. The molecule has 0 aliphatic heterocycles. The predicted molar refractivity (Wildman–Crippen MR) is 75.3 cm³/mol. The van der Waals surface area contributed by atoms with Crippen LogP contribution in [0.15, 0.2) is 17.3 Å². The van der Waals surface area contributed by atoms with E-state index in [1.54, 1.807) is 7.05 Å². The predicted octanol–water partition coefficient (Wildman–Crippen LogP) is 1.45. The van der Waals surface area contributed by atoms with E-state index in [0.29, 0.717) is 6.54 Å². The number of hydrogen-bond donors (Lipinski definition) is 2. The number of hydrogen-bond acceptors (Lipinski definition) is 4. The topological polar surface area (TPSA) is 65.1 Å². The standard InChI is InChI=1S/C13H20F2N4O/c1-18(2)5-4-6-19(3)12-10(14)7-9(8-11(12)15)13(16)17-20/h7-8,20H,4-6H2,1-3H3,(H2,16,17). The van der Waals surface area contributed by atoms with E-state index >= 15 is 0 Å². The van der Waals surface area contributed by atoms with E-state index in [9.17, 15) is 8.78 Å². The van der Waals surface area contributed by atoms with Crippen molar-refractivity contribution in [1.82, 2.24) is 4.90 Å². The second kappa shape index (κ2) is 7.04. The monoisotopic (exact) mass is 286 g/mol. The summed E-state index contributed by atoms with van der Waals surface area (Å²) in [6.45, 7) is 1.35. The average Bonchev–Trinajstić information content (AvgIpc) is 2.36. The highest BCUT2D eigenvalue weighted by atomic mass is 19.1. The summed E-state index contributed by atoms with van der Waals surface area (Å²) in [4.78, 5) is 3.52. The lowest BCUT2D eigenvalue weighted by atomic mass is 10.1. The molecule has 0 fully saturated rings. The van der Waals surface area contributed by atoms with Crippen LogP contribution in [0.2, 0.25) is 0 Å². The number of benzene rings is 1. The van der Waals surface area contributed by atoms with Crippen LogP contribution in [0.25, 0.3) is 0 Å². The molecule has 1 rings (SSSR count). The number of oxime groups is 1. The van der Waals surface area contributed by atoms with Crippen molar-refractivity contribution in [1.29, 1.82) is 0 Å². The van der Waals surface area contributed by atoms with Crippen molar-refractivity contribution >= 4 is 11.5 Å². The third kappa shape index (κ3) is 4.06. The number of nitrogens with zero attached hydrogens (tertiary/aromatic N) is 3. The van der Waals surface area contributed by atoms with Gasteiger partial charge in [-0.15, -0.1) is 0 Å². The minimum atomic E-state index is -0.737. The number of nitrogens with two attached hydrogens (primary N) is 1. The van der Waals surface area contributed by atoms with E-state index in [1.807, 2.05) is 19.0 Å². The maximum absolute atomic E-state index is 14.0. The molecule has 1 aromatic carbocycles. The third-order valence-corrected chi connectivity index (χ3v) is 2.90. The lowest BCUT2D eigenvalue weighted by Crippen LogP contribution is -2.25. The zero-order valence-electron chi connectivity index (χ0n) is 11.9. The first-order valence-corrected chi connectivity index (χ1v) is 6.19. The number of anilines is 1. The van der Waals surface area contributed by atoms with E-state index < -0.39 is 11.6 Å². The Morgan fingerprint density at radius 1 is 1.20 bits per heavy atom. The van der Waals surface area contributed by atoms with Gasteiger partial charge in [-0.1, -0.05) is 5.16 Å². The summed E-state index contributed by atoms with van der Waals surface area (Å²) in [5.41, 5.74) is 5.21. The summed E-state index contributed by atoms with van der Waals surface area (Å²) in [6.07, 6.45) is 0.782. The third-order valence-electron chi connectivity index (χ3n) is 2.90. The van der Waals surface area contributed by atoms with Crippen LogP contribution in [0.3, 0.4) is 0 Å². The summed E-state index contributed by atoms with van der Waals surface area (Å²) in [7, 11) is 5.50. The van der Waals surface area contributed by atoms with Gasteiger partial charge in [0.1, 0.15) is 17.3 Å². The lowest BCUT2D eigenvalue weighted by molar-refractivity contribution is 0.318.